The minimum absolute atomic E-state index is 0.00347. The van der Waals surface area contributed by atoms with E-state index in [0.717, 1.165) is 0 Å². The van der Waals surface area contributed by atoms with Crippen molar-refractivity contribution in [3.05, 3.63) is 23.3 Å². The topological polar surface area (TPSA) is 29.5 Å². The summed E-state index contributed by atoms with van der Waals surface area (Å²) >= 11 is 0. The molecule has 1 aromatic rings. The first kappa shape index (κ1) is 15.5. The first-order valence-electron chi connectivity index (χ1n) is 6.34. The van der Waals surface area contributed by atoms with Crippen LogP contribution in [0.1, 0.15) is 43.1 Å². The molecule has 0 N–H and O–H groups in total. The van der Waals surface area contributed by atoms with Crippen LogP contribution in [0.15, 0.2) is 12.1 Å². The summed E-state index contributed by atoms with van der Waals surface area (Å²) in [4.78, 5) is 13.7. The van der Waals surface area contributed by atoms with Gasteiger partial charge in [-0.05, 0) is 26.0 Å². The average molecular weight is 267 g/mol. The van der Waals surface area contributed by atoms with Crippen LogP contribution in [-0.2, 0) is 5.67 Å². The number of ketones is 1. The molecule has 106 valence electrons. The van der Waals surface area contributed by atoms with Crippen molar-refractivity contribution in [2.45, 2.75) is 32.9 Å². The van der Waals surface area contributed by atoms with Gasteiger partial charge in [0.25, 0.3) is 0 Å². The highest BCUT2D eigenvalue weighted by molar-refractivity contribution is 5.97. The molecular weight excluding hydrogens is 245 g/mol. The Hall–Kier alpha value is -1.58. The van der Waals surface area contributed by atoms with Gasteiger partial charge in [0.05, 0.1) is 12.8 Å². The number of methoxy groups -OCH3 is 1. The minimum Gasteiger partial charge on any atom is -0.494 e. The molecule has 0 radical (unpaired) electrons. The van der Waals surface area contributed by atoms with Crippen LogP contribution in [0.5, 0.6) is 5.75 Å². The number of carbonyl (C=O) groups is 1. The zero-order valence-corrected chi connectivity index (χ0v) is 12.5. The number of anilines is 1. The molecule has 0 bridgehead atoms. The molecule has 3 nitrogen and oxygen atoms in total. The van der Waals surface area contributed by atoms with Crippen molar-refractivity contribution in [2.75, 3.05) is 26.1 Å². The smallest absolute Gasteiger partial charge is 0.162 e. The number of nitrogens with zero attached hydrogens (tertiary/aromatic N) is 1. The van der Waals surface area contributed by atoms with Gasteiger partial charge in [-0.2, -0.15) is 0 Å². The molecule has 0 heterocycles. The molecule has 0 aliphatic rings. The van der Waals surface area contributed by atoms with E-state index in [1.165, 1.54) is 21.0 Å². The molecule has 1 aromatic carbocycles. The number of rotatable bonds is 5. The van der Waals surface area contributed by atoms with Crippen molar-refractivity contribution >= 4 is 11.5 Å². The molecule has 19 heavy (non-hydrogen) atoms. The summed E-state index contributed by atoms with van der Waals surface area (Å²) in [6.45, 7) is 4.72. The Morgan fingerprint density at radius 3 is 2.32 bits per heavy atom. The van der Waals surface area contributed by atoms with Gasteiger partial charge in [0.1, 0.15) is 11.4 Å². The first-order valence-corrected chi connectivity index (χ1v) is 6.34. The first-order chi connectivity index (χ1) is 8.72. The number of halogens is 1. The summed E-state index contributed by atoms with van der Waals surface area (Å²) in [7, 11) is 5.19. The standard InChI is InChI=1S/C15H22FNO2/c1-7-13(18)10-8-11(15(2,3)16)14(19-6)12(9-10)17(4)5/h8-9H,7H2,1-6H3. The molecule has 0 aromatic heterocycles. The summed E-state index contributed by atoms with van der Waals surface area (Å²) in [6.07, 6.45) is 0.394. The molecule has 4 heteroatoms. The van der Waals surface area contributed by atoms with Crippen LogP contribution < -0.4 is 9.64 Å². The Bertz CT molecular complexity index is 476. The maximum atomic E-state index is 14.3. The summed E-state index contributed by atoms with van der Waals surface area (Å²) in [5.74, 6) is 0.474. The van der Waals surface area contributed by atoms with Crippen molar-refractivity contribution < 1.29 is 13.9 Å². The van der Waals surface area contributed by atoms with Crippen LogP contribution in [0.3, 0.4) is 0 Å². The summed E-state index contributed by atoms with van der Waals surface area (Å²) in [6, 6.07) is 3.34. The quantitative estimate of drug-likeness (QED) is 0.764. The Labute approximate surface area is 114 Å². The van der Waals surface area contributed by atoms with E-state index in [-0.39, 0.29) is 5.78 Å². The van der Waals surface area contributed by atoms with E-state index in [1.807, 2.05) is 19.0 Å². The Morgan fingerprint density at radius 2 is 1.95 bits per heavy atom. The molecular formula is C15H22FNO2. The summed E-state index contributed by atoms with van der Waals surface area (Å²) < 4.78 is 19.7. The molecule has 0 atom stereocenters. The third-order valence-electron chi connectivity index (χ3n) is 3.04. The van der Waals surface area contributed by atoms with Gasteiger partial charge < -0.3 is 9.64 Å². The predicted octanol–water partition coefficient (Wildman–Crippen LogP) is 3.56. The van der Waals surface area contributed by atoms with Crippen LogP contribution >= 0.6 is 0 Å². The number of Topliss-reactive ketones (excluding diaryl/α,β-unsaturated/α-hetero) is 1. The highest BCUT2D eigenvalue weighted by Crippen LogP contribution is 2.40. The molecule has 0 saturated carbocycles. The second-order valence-corrected chi connectivity index (χ2v) is 5.22. The molecule has 0 aliphatic carbocycles. The summed E-state index contributed by atoms with van der Waals surface area (Å²) in [5.41, 5.74) is 0.0633. The van der Waals surface area contributed by atoms with E-state index in [1.54, 1.807) is 19.1 Å². The molecule has 0 aliphatic heterocycles. The lowest BCUT2D eigenvalue weighted by molar-refractivity contribution is 0.0988. The maximum absolute atomic E-state index is 14.3. The molecule has 0 spiro atoms. The average Bonchev–Trinajstić information content (AvgIpc) is 2.34. The van der Waals surface area contributed by atoms with E-state index < -0.39 is 5.67 Å². The van der Waals surface area contributed by atoms with Crippen LogP contribution in [-0.4, -0.2) is 27.0 Å². The number of ether oxygens (including phenoxy) is 1. The highest BCUT2D eigenvalue weighted by Gasteiger charge is 2.27. The highest BCUT2D eigenvalue weighted by atomic mass is 19.1. The van der Waals surface area contributed by atoms with Crippen molar-refractivity contribution in [3.63, 3.8) is 0 Å². The van der Waals surface area contributed by atoms with E-state index in [2.05, 4.69) is 0 Å². The molecule has 0 amide bonds. The van der Waals surface area contributed by atoms with Crippen molar-refractivity contribution in [3.8, 4) is 5.75 Å². The van der Waals surface area contributed by atoms with Crippen molar-refractivity contribution in [1.82, 2.24) is 0 Å². The van der Waals surface area contributed by atoms with Gasteiger partial charge in [0.15, 0.2) is 5.78 Å². The van der Waals surface area contributed by atoms with Gasteiger partial charge in [0.2, 0.25) is 0 Å². The van der Waals surface area contributed by atoms with Crippen molar-refractivity contribution in [2.24, 2.45) is 0 Å². The Kier molecular flexibility index (Phi) is 4.56. The van der Waals surface area contributed by atoms with Crippen LogP contribution in [0.2, 0.25) is 0 Å². The lowest BCUT2D eigenvalue weighted by Crippen LogP contribution is -2.17. The number of carbonyl (C=O) groups excluding carboxylic acids is 1. The van der Waals surface area contributed by atoms with Crippen LogP contribution in [0, 0.1) is 0 Å². The van der Waals surface area contributed by atoms with E-state index in [9.17, 15) is 9.18 Å². The fourth-order valence-electron chi connectivity index (χ4n) is 1.97. The lowest BCUT2D eigenvalue weighted by Gasteiger charge is -2.25. The SMILES string of the molecule is CCC(=O)c1cc(N(C)C)c(OC)c(C(C)(C)F)c1. The fourth-order valence-corrected chi connectivity index (χ4v) is 1.97. The maximum Gasteiger partial charge on any atom is 0.162 e. The number of benzene rings is 1. The number of alkyl halides is 1. The fraction of sp³-hybridized carbons (Fsp3) is 0.533. The molecule has 1 rings (SSSR count). The zero-order valence-electron chi connectivity index (χ0n) is 12.5. The Balaban J connectivity index is 3.59. The van der Waals surface area contributed by atoms with Crippen LogP contribution in [0.4, 0.5) is 10.1 Å². The molecule has 0 fully saturated rings. The largest absolute Gasteiger partial charge is 0.494 e. The predicted molar refractivity (Wildman–Crippen MR) is 76.1 cm³/mol. The normalized spacial score (nSPS) is 11.3. The number of hydrogen-bond acceptors (Lipinski definition) is 3. The van der Waals surface area contributed by atoms with Crippen molar-refractivity contribution in [1.29, 1.82) is 0 Å². The van der Waals surface area contributed by atoms with E-state index >= 15 is 0 Å². The second-order valence-electron chi connectivity index (χ2n) is 5.22. The minimum atomic E-state index is -1.57. The van der Waals surface area contributed by atoms with Gasteiger partial charge in [-0.15, -0.1) is 0 Å². The molecule has 0 unspecified atom stereocenters. The molecule has 0 saturated heterocycles. The van der Waals surface area contributed by atoms with Gasteiger partial charge in [-0.1, -0.05) is 6.92 Å². The monoisotopic (exact) mass is 267 g/mol. The third kappa shape index (κ3) is 3.25. The number of hydrogen-bond donors (Lipinski definition) is 0. The van der Waals surface area contributed by atoms with E-state index in [0.29, 0.717) is 29.0 Å². The van der Waals surface area contributed by atoms with E-state index in [4.69, 9.17) is 4.74 Å². The summed E-state index contributed by atoms with van der Waals surface area (Å²) in [5, 5.41) is 0. The lowest BCUT2D eigenvalue weighted by atomic mass is 9.93. The second kappa shape index (κ2) is 5.59. The zero-order chi connectivity index (χ0) is 14.8. The van der Waals surface area contributed by atoms with Crippen LogP contribution in [0.25, 0.3) is 0 Å². The Morgan fingerprint density at radius 1 is 1.37 bits per heavy atom. The van der Waals surface area contributed by atoms with Gasteiger partial charge in [0, 0.05) is 31.6 Å². The van der Waals surface area contributed by atoms with Gasteiger partial charge >= 0.3 is 0 Å². The third-order valence-corrected chi connectivity index (χ3v) is 3.04. The van der Waals surface area contributed by atoms with Gasteiger partial charge in [-0.3, -0.25) is 4.79 Å². The van der Waals surface area contributed by atoms with Gasteiger partial charge in [-0.25, -0.2) is 4.39 Å².